The van der Waals surface area contributed by atoms with Gasteiger partial charge in [0.1, 0.15) is 0 Å². The van der Waals surface area contributed by atoms with E-state index in [0.717, 1.165) is 6.54 Å². The van der Waals surface area contributed by atoms with E-state index in [2.05, 4.69) is 58.7 Å². The normalized spacial score (nSPS) is 16.0. The van der Waals surface area contributed by atoms with Crippen molar-refractivity contribution in [3.8, 4) is 0 Å². The highest BCUT2D eigenvalue weighted by atomic mass is 15.2. The number of hydrogen-bond donors (Lipinski definition) is 1. The standard InChI is InChI=1S/C16H36N2/c1-8-11-12-18(14(4)9-2)15(5)13-17-16(6,7)10-3/h14-15,17H,8-13H2,1-7H3. The zero-order valence-electron chi connectivity index (χ0n) is 13.8. The Morgan fingerprint density at radius 1 is 1.06 bits per heavy atom. The molecule has 1 N–H and O–H groups in total. The lowest BCUT2D eigenvalue weighted by Crippen LogP contribution is -2.50. The highest BCUT2D eigenvalue weighted by Gasteiger charge is 2.21. The first-order valence-electron chi connectivity index (χ1n) is 7.88. The van der Waals surface area contributed by atoms with Gasteiger partial charge in [0.05, 0.1) is 0 Å². The number of nitrogens with zero attached hydrogens (tertiary/aromatic N) is 1. The summed E-state index contributed by atoms with van der Waals surface area (Å²) in [6, 6.07) is 1.32. The molecule has 0 amide bonds. The molecule has 0 bridgehead atoms. The summed E-state index contributed by atoms with van der Waals surface area (Å²) in [6.45, 7) is 18.4. The minimum Gasteiger partial charge on any atom is -0.310 e. The van der Waals surface area contributed by atoms with Crippen LogP contribution >= 0.6 is 0 Å². The van der Waals surface area contributed by atoms with Crippen LogP contribution in [0, 0.1) is 0 Å². The minimum absolute atomic E-state index is 0.264. The predicted molar refractivity (Wildman–Crippen MR) is 83.2 cm³/mol. The number of unbranched alkanes of at least 4 members (excludes halogenated alkanes) is 1. The lowest BCUT2D eigenvalue weighted by molar-refractivity contribution is 0.137. The Bertz CT molecular complexity index is 201. The van der Waals surface area contributed by atoms with E-state index in [4.69, 9.17) is 0 Å². The molecule has 0 radical (unpaired) electrons. The molecule has 0 fully saturated rings. The lowest BCUT2D eigenvalue weighted by atomic mass is 10.0. The zero-order valence-corrected chi connectivity index (χ0v) is 13.8. The average Bonchev–Trinajstić information content (AvgIpc) is 2.36. The Kier molecular flexibility index (Phi) is 8.89. The van der Waals surface area contributed by atoms with E-state index in [9.17, 15) is 0 Å². The van der Waals surface area contributed by atoms with Crippen LogP contribution in [0.15, 0.2) is 0 Å². The van der Waals surface area contributed by atoms with E-state index < -0.39 is 0 Å². The van der Waals surface area contributed by atoms with E-state index in [0.29, 0.717) is 12.1 Å². The highest BCUT2D eigenvalue weighted by molar-refractivity contribution is 4.81. The molecule has 0 rings (SSSR count). The topological polar surface area (TPSA) is 15.3 Å². The molecular weight excluding hydrogens is 220 g/mol. The Balaban J connectivity index is 4.32. The first kappa shape index (κ1) is 17.9. The quantitative estimate of drug-likeness (QED) is 0.634. The van der Waals surface area contributed by atoms with Crippen LogP contribution in [-0.4, -0.2) is 35.6 Å². The van der Waals surface area contributed by atoms with Crippen molar-refractivity contribution < 1.29 is 0 Å². The van der Waals surface area contributed by atoms with Gasteiger partial charge >= 0.3 is 0 Å². The van der Waals surface area contributed by atoms with Crippen molar-refractivity contribution in [2.75, 3.05) is 13.1 Å². The van der Waals surface area contributed by atoms with Gasteiger partial charge in [0, 0.05) is 24.2 Å². The molecule has 0 aliphatic rings. The molecule has 0 aliphatic heterocycles. The van der Waals surface area contributed by atoms with Gasteiger partial charge in [-0.05, 0) is 53.5 Å². The molecule has 0 spiro atoms. The van der Waals surface area contributed by atoms with Crippen LogP contribution in [-0.2, 0) is 0 Å². The molecule has 2 nitrogen and oxygen atoms in total. The maximum atomic E-state index is 3.70. The van der Waals surface area contributed by atoms with Crippen molar-refractivity contribution in [1.29, 1.82) is 0 Å². The summed E-state index contributed by atoms with van der Waals surface area (Å²) in [4.78, 5) is 2.67. The van der Waals surface area contributed by atoms with Crippen LogP contribution in [0.2, 0.25) is 0 Å². The number of rotatable bonds is 10. The van der Waals surface area contributed by atoms with Crippen molar-refractivity contribution in [2.24, 2.45) is 0 Å². The van der Waals surface area contributed by atoms with Crippen molar-refractivity contribution >= 4 is 0 Å². The van der Waals surface area contributed by atoms with Crippen LogP contribution in [0.3, 0.4) is 0 Å². The van der Waals surface area contributed by atoms with Crippen LogP contribution in [0.25, 0.3) is 0 Å². The Labute approximate surface area is 116 Å². The molecule has 18 heavy (non-hydrogen) atoms. The summed E-state index contributed by atoms with van der Waals surface area (Å²) in [5, 5.41) is 3.70. The molecule has 0 heterocycles. The lowest BCUT2D eigenvalue weighted by Gasteiger charge is -2.36. The second-order valence-electron chi connectivity index (χ2n) is 6.32. The van der Waals surface area contributed by atoms with E-state index in [-0.39, 0.29) is 5.54 Å². The zero-order chi connectivity index (χ0) is 14.2. The fourth-order valence-corrected chi connectivity index (χ4v) is 2.12. The summed E-state index contributed by atoms with van der Waals surface area (Å²) in [7, 11) is 0. The van der Waals surface area contributed by atoms with Gasteiger partial charge in [-0.15, -0.1) is 0 Å². The third-order valence-corrected chi connectivity index (χ3v) is 4.25. The maximum Gasteiger partial charge on any atom is 0.0195 e. The van der Waals surface area contributed by atoms with Crippen LogP contribution in [0.4, 0.5) is 0 Å². The summed E-state index contributed by atoms with van der Waals surface area (Å²) in [6.07, 6.45) is 5.02. The van der Waals surface area contributed by atoms with Crippen molar-refractivity contribution in [1.82, 2.24) is 10.2 Å². The molecule has 0 aromatic carbocycles. The summed E-state index contributed by atoms with van der Waals surface area (Å²) >= 11 is 0. The third-order valence-electron chi connectivity index (χ3n) is 4.25. The van der Waals surface area contributed by atoms with Crippen molar-refractivity contribution in [3.05, 3.63) is 0 Å². The summed E-state index contributed by atoms with van der Waals surface area (Å²) in [5.74, 6) is 0. The monoisotopic (exact) mass is 256 g/mol. The molecule has 2 heteroatoms. The van der Waals surface area contributed by atoms with Gasteiger partial charge in [-0.1, -0.05) is 27.2 Å². The van der Waals surface area contributed by atoms with Crippen molar-refractivity contribution in [2.45, 2.75) is 91.8 Å². The molecule has 2 unspecified atom stereocenters. The fraction of sp³-hybridized carbons (Fsp3) is 1.00. The van der Waals surface area contributed by atoms with Crippen molar-refractivity contribution in [3.63, 3.8) is 0 Å². The van der Waals surface area contributed by atoms with Crippen LogP contribution in [0.5, 0.6) is 0 Å². The summed E-state index contributed by atoms with van der Waals surface area (Å²) in [5.41, 5.74) is 0.264. The first-order chi connectivity index (χ1) is 8.37. The van der Waals surface area contributed by atoms with Crippen LogP contribution in [0.1, 0.15) is 74.1 Å². The van der Waals surface area contributed by atoms with Gasteiger partial charge in [0.25, 0.3) is 0 Å². The molecule has 0 saturated carbocycles. The van der Waals surface area contributed by atoms with Gasteiger partial charge in [-0.2, -0.15) is 0 Å². The van der Waals surface area contributed by atoms with Gasteiger partial charge < -0.3 is 5.32 Å². The largest absolute Gasteiger partial charge is 0.310 e. The summed E-state index contributed by atoms with van der Waals surface area (Å²) < 4.78 is 0. The molecule has 0 aliphatic carbocycles. The highest BCUT2D eigenvalue weighted by Crippen LogP contribution is 2.12. The van der Waals surface area contributed by atoms with Gasteiger partial charge in [0.2, 0.25) is 0 Å². The van der Waals surface area contributed by atoms with Gasteiger partial charge in [0.15, 0.2) is 0 Å². The smallest absolute Gasteiger partial charge is 0.0195 e. The van der Waals surface area contributed by atoms with E-state index in [1.165, 1.54) is 32.2 Å². The minimum atomic E-state index is 0.264. The molecule has 110 valence electrons. The third kappa shape index (κ3) is 6.75. The van der Waals surface area contributed by atoms with E-state index in [1.54, 1.807) is 0 Å². The van der Waals surface area contributed by atoms with Gasteiger partial charge in [-0.25, -0.2) is 0 Å². The molecule has 0 aromatic heterocycles. The Morgan fingerprint density at radius 3 is 2.11 bits per heavy atom. The Hall–Kier alpha value is -0.0800. The molecule has 0 aromatic rings. The Morgan fingerprint density at radius 2 is 1.67 bits per heavy atom. The van der Waals surface area contributed by atoms with Crippen LogP contribution < -0.4 is 5.32 Å². The maximum absolute atomic E-state index is 3.70. The van der Waals surface area contributed by atoms with E-state index >= 15 is 0 Å². The van der Waals surface area contributed by atoms with Gasteiger partial charge in [-0.3, -0.25) is 4.90 Å². The SMILES string of the molecule is CCCCN(C(C)CC)C(C)CNC(C)(C)CC. The predicted octanol–water partition coefficient (Wildman–Crippen LogP) is 4.05. The molecule has 0 saturated heterocycles. The fourth-order valence-electron chi connectivity index (χ4n) is 2.12. The molecular formula is C16H36N2. The number of nitrogens with one attached hydrogen (secondary N) is 1. The average molecular weight is 256 g/mol. The number of hydrogen-bond acceptors (Lipinski definition) is 2. The second kappa shape index (κ2) is 8.92. The first-order valence-corrected chi connectivity index (χ1v) is 7.88. The molecule has 2 atom stereocenters. The second-order valence-corrected chi connectivity index (χ2v) is 6.32. The van der Waals surface area contributed by atoms with E-state index in [1.807, 2.05) is 0 Å².